The first kappa shape index (κ1) is 16.4. The molecule has 2 rings (SSSR count). The van der Waals surface area contributed by atoms with Crippen LogP contribution in [-0.2, 0) is 10.0 Å². The molecule has 0 aromatic heterocycles. The number of aryl methyl sites for hydroxylation is 2. The summed E-state index contributed by atoms with van der Waals surface area (Å²) in [6.07, 6.45) is 2.41. The second-order valence-electron chi connectivity index (χ2n) is 5.63. The molecule has 0 atom stereocenters. The molecule has 0 bridgehead atoms. The molecule has 0 spiro atoms. The molecule has 118 valence electrons. The van der Waals surface area contributed by atoms with E-state index in [4.69, 9.17) is 0 Å². The molecule has 1 aromatic carbocycles. The summed E-state index contributed by atoms with van der Waals surface area (Å²) in [7, 11) is -3.59. The molecule has 6 heteroatoms. The van der Waals surface area contributed by atoms with Crippen molar-refractivity contribution < 1.29 is 12.8 Å². The van der Waals surface area contributed by atoms with Crippen LogP contribution in [0.25, 0.3) is 0 Å². The molecule has 0 unspecified atom stereocenters. The van der Waals surface area contributed by atoms with E-state index < -0.39 is 15.8 Å². The molecule has 4 nitrogen and oxygen atoms in total. The average molecular weight is 314 g/mol. The van der Waals surface area contributed by atoms with Crippen LogP contribution in [0.5, 0.6) is 0 Å². The molecule has 21 heavy (non-hydrogen) atoms. The van der Waals surface area contributed by atoms with Crippen molar-refractivity contribution in [2.75, 3.05) is 19.6 Å². The summed E-state index contributed by atoms with van der Waals surface area (Å²) >= 11 is 0. The van der Waals surface area contributed by atoms with Crippen molar-refractivity contribution in [2.24, 2.45) is 0 Å². The Morgan fingerprint density at radius 3 is 2.33 bits per heavy atom. The summed E-state index contributed by atoms with van der Waals surface area (Å²) in [6.45, 7) is 7.34. The zero-order valence-electron chi connectivity index (χ0n) is 12.8. The second kappa shape index (κ2) is 6.42. The molecule has 1 aliphatic rings. The largest absolute Gasteiger partial charge is 0.299 e. The third-order valence-corrected chi connectivity index (χ3v) is 5.62. The van der Waals surface area contributed by atoms with E-state index >= 15 is 0 Å². The van der Waals surface area contributed by atoms with E-state index in [1.165, 1.54) is 25.0 Å². The van der Waals surface area contributed by atoms with E-state index in [-0.39, 0.29) is 4.90 Å². The molecule has 1 fully saturated rings. The van der Waals surface area contributed by atoms with Gasteiger partial charge in [-0.2, -0.15) is 0 Å². The monoisotopic (exact) mass is 314 g/mol. The highest BCUT2D eigenvalue weighted by Crippen LogP contribution is 2.26. The van der Waals surface area contributed by atoms with Crippen LogP contribution in [0.2, 0.25) is 0 Å². The Labute approximate surface area is 126 Å². The number of hydrogen-bond acceptors (Lipinski definition) is 3. The van der Waals surface area contributed by atoms with Gasteiger partial charge in [-0.1, -0.05) is 6.92 Å². The Hall–Kier alpha value is -0.980. The summed E-state index contributed by atoms with van der Waals surface area (Å²) < 4.78 is 40.7. The van der Waals surface area contributed by atoms with Crippen LogP contribution in [0.3, 0.4) is 0 Å². The summed E-state index contributed by atoms with van der Waals surface area (Å²) in [5.74, 6) is -0.408. The van der Waals surface area contributed by atoms with E-state index in [1.54, 1.807) is 13.8 Å². The Morgan fingerprint density at radius 2 is 1.86 bits per heavy atom. The van der Waals surface area contributed by atoms with Crippen molar-refractivity contribution in [3.05, 3.63) is 29.1 Å². The highest BCUT2D eigenvalue weighted by molar-refractivity contribution is 7.89. The van der Waals surface area contributed by atoms with Gasteiger partial charge < -0.3 is 0 Å². The number of benzene rings is 1. The molecule has 0 heterocycles. The van der Waals surface area contributed by atoms with Crippen LogP contribution < -0.4 is 4.72 Å². The Morgan fingerprint density at radius 1 is 1.29 bits per heavy atom. The number of rotatable bonds is 7. The van der Waals surface area contributed by atoms with Gasteiger partial charge in [0, 0.05) is 19.1 Å². The lowest BCUT2D eigenvalue weighted by Crippen LogP contribution is -2.36. The summed E-state index contributed by atoms with van der Waals surface area (Å²) in [6, 6.07) is 3.13. The second-order valence-corrected chi connectivity index (χ2v) is 7.33. The van der Waals surface area contributed by atoms with E-state index in [1.807, 2.05) is 0 Å². The Kier molecular flexibility index (Phi) is 5.01. The van der Waals surface area contributed by atoms with E-state index in [0.29, 0.717) is 30.3 Å². The fraction of sp³-hybridized carbons (Fsp3) is 0.600. The predicted molar refractivity (Wildman–Crippen MR) is 81.3 cm³/mol. The zero-order valence-corrected chi connectivity index (χ0v) is 13.6. The van der Waals surface area contributed by atoms with Crippen LogP contribution in [0, 0.1) is 19.7 Å². The standard InChI is InChI=1S/C15H23FN2O2S/c1-4-18(14-5-6-14)8-7-17-21(19,20)15-11(2)9-13(16)10-12(15)3/h9-10,14,17H,4-8H2,1-3H3. The average Bonchev–Trinajstić information content (AvgIpc) is 3.17. The van der Waals surface area contributed by atoms with Gasteiger partial charge in [-0.05, 0) is 56.5 Å². The van der Waals surface area contributed by atoms with Gasteiger partial charge in [-0.25, -0.2) is 17.5 Å². The molecular formula is C15H23FN2O2S. The third kappa shape index (κ3) is 4.02. The molecule has 1 saturated carbocycles. The van der Waals surface area contributed by atoms with Gasteiger partial charge in [0.2, 0.25) is 10.0 Å². The molecule has 1 N–H and O–H groups in total. The molecule has 0 radical (unpaired) electrons. The Bertz CT molecular complexity index is 589. The van der Waals surface area contributed by atoms with Gasteiger partial charge in [0.05, 0.1) is 4.90 Å². The van der Waals surface area contributed by atoms with Gasteiger partial charge in [-0.3, -0.25) is 4.90 Å². The normalized spacial score (nSPS) is 15.7. The van der Waals surface area contributed by atoms with Gasteiger partial charge in [-0.15, -0.1) is 0 Å². The molecule has 0 amide bonds. The maximum atomic E-state index is 13.3. The fourth-order valence-corrected chi connectivity index (χ4v) is 4.23. The first-order valence-electron chi connectivity index (χ1n) is 7.35. The summed E-state index contributed by atoms with van der Waals surface area (Å²) in [5.41, 5.74) is 0.879. The van der Waals surface area contributed by atoms with E-state index in [0.717, 1.165) is 6.54 Å². The van der Waals surface area contributed by atoms with Crippen LogP contribution in [-0.4, -0.2) is 39.0 Å². The van der Waals surface area contributed by atoms with Crippen LogP contribution in [0.15, 0.2) is 17.0 Å². The number of nitrogens with one attached hydrogen (secondary N) is 1. The number of halogens is 1. The lowest BCUT2D eigenvalue weighted by Gasteiger charge is -2.20. The van der Waals surface area contributed by atoms with E-state index in [2.05, 4.69) is 16.5 Å². The SMILES string of the molecule is CCN(CCNS(=O)(=O)c1c(C)cc(F)cc1C)C1CC1. The minimum atomic E-state index is -3.59. The van der Waals surface area contributed by atoms with Gasteiger partial charge >= 0.3 is 0 Å². The van der Waals surface area contributed by atoms with Gasteiger partial charge in [0.25, 0.3) is 0 Å². The first-order valence-corrected chi connectivity index (χ1v) is 8.84. The first-order chi connectivity index (χ1) is 9.85. The number of sulfonamides is 1. The van der Waals surface area contributed by atoms with Crippen LogP contribution in [0.1, 0.15) is 30.9 Å². The summed E-state index contributed by atoms with van der Waals surface area (Å²) in [4.78, 5) is 2.48. The number of hydrogen-bond donors (Lipinski definition) is 1. The third-order valence-electron chi connectivity index (χ3n) is 3.85. The van der Waals surface area contributed by atoms with Crippen molar-refractivity contribution in [1.82, 2.24) is 9.62 Å². The van der Waals surface area contributed by atoms with Crippen molar-refractivity contribution in [2.45, 2.75) is 44.6 Å². The van der Waals surface area contributed by atoms with Gasteiger partial charge in [0.15, 0.2) is 0 Å². The molecule has 1 aliphatic carbocycles. The zero-order chi connectivity index (χ0) is 15.6. The maximum absolute atomic E-state index is 13.3. The highest BCUT2D eigenvalue weighted by Gasteiger charge is 2.28. The van der Waals surface area contributed by atoms with Crippen LogP contribution >= 0.6 is 0 Å². The number of likely N-dealkylation sites (N-methyl/N-ethyl adjacent to an activating group) is 1. The molecule has 0 saturated heterocycles. The van der Waals surface area contributed by atoms with Crippen LogP contribution in [0.4, 0.5) is 4.39 Å². The smallest absolute Gasteiger partial charge is 0.241 e. The molecule has 0 aliphatic heterocycles. The number of nitrogens with zero attached hydrogens (tertiary/aromatic N) is 1. The Balaban J connectivity index is 2.05. The van der Waals surface area contributed by atoms with Crippen molar-refractivity contribution in [1.29, 1.82) is 0 Å². The van der Waals surface area contributed by atoms with Crippen molar-refractivity contribution >= 4 is 10.0 Å². The topological polar surface area (TPSA) is 49.4 Å². The summed E-state index contributed by atoms with van der Waals surface area (Å²) in [5, 5.41) is 0. The minimum absolute atomic E-state index is 0.193. The molecule has 1 aromatic rings. The lowest BCUT2D eigenvalue weighted by atomic mass is 10.1. The van der Waals surface area contributed by atoms with Gasteiger partial charge in [0.1, 0.15) is 5.82 Å². The minimum Gasteiger partial charge on any atom is -0.299 e. The van der Waals surface area contributed by atoms with Crippen molar-refractivity contribution in [3.8, 4) is 0 Å². The van der Waals surface area contributed by atoms with E-state index in [9.17, 15) is 12.8 Å². The predicted octanol–water partition coefficient (Wildman–Crippen LogP) is 2.21. The lowest BCUT2D eigenvalue weighted by molar-refractivity contribution is 0.282. The fourth-order valence-electron chi connectivity index (χ4n) is 2.76. The van der Waals surface area contributed by atoms with Crippen molar-refractivity contribution in [3.63, 3.8) is 0 Å². The molecular weight excluding hydrogens is 291 g/mol. The highest BCUT2D eigenvalue weighted by atomic mass is 32.2. The quantitative estimate of drug-likeness (QED) is 0.839. The maximum Gasteiger partial charge on any atom is 0.241 e.